The summed E-state index contributed by atoms with van der Waals surface area (Å²) in [7, 11) is 0. The van der Waals surface area contributed by atoms with Gasteiger partial charge in [0.1, 0.15) is 0 Å². The number of unbranched alkanes of at least 4 members (excludes halogenated alkanes) is 11. The molecule has 0 amide bonds. The van der Waals surface area contributed by atoms with Crippen molar-refractivity contribution in [2.45, 2.75) is 117 Å². The first-order valence-corrected chi connectivity index (χ1v) is 11.2. The van der Waals surface area contributed by atoms with Crippen molar-refractivity contribution < 1.29 is 21.5 Å². The van der Waals surface area contributed by atoms with Gasteiger partial charge in [-0.2, -0.15) is 0 Å². The molecule has 1 heterocycles. The third kappa shape index (κ3) is 11.9. The molecule has 146 valence electrons. The molecule has 0 atom stereocenters. The van der Waals surface area contributed by atoms with Crippen molar-refractivity contribution in [2.24, 2.45) is 0 Å². The number of likely N-dealkylation sites (tertiary alicyclic amines) is 1. The predicted octanol–water partition coefficient (Wildman–Crippen LogP) is 4.10. The average Bonchev–Trinajstić information content (AvgIpc) is 2.82. The van der Waals surface area contributed by atoms with Crippen LogP contribution < -0.4 is 17.0 Å². The second-order valence-electron chi connectivity index (χ2n) is 8.13. The molecule has 1 fully saturated rings. The zero-order valence-corrected chi connectivity index (χ0v) is 18.6. The normalized spacial score (nSPS) is 17.2. The van der Waals surface area contributed by atoms with Crippen LogP contribution in [0.5, 0.6) is 0 Å². The van der Waals surface area contributed by atoms with E-state index < -0.39 is 0 Å². The predicted molar refractivity (Wildman–Crippen MR) is 105 cm³/mol. The molecule has 0 aromatic carbocycles. The lowest BCUT2D eigenvalue weighted by molar-refractivity contribution is -0.926. The van der Waals surface area contributed by atoms with E-state index in [0.717, 1.165) is 0 Å². The van der Waals surface area contributed by atoms with Crippen LogP contribution in [0.2, 0.25) is 0 Å². The Morgan fingerprint density at radius 2 is 0.958 bits per heavy atom. The van der Waals surface area contributed by atoms with E-state index in [1.807, 2.05) is 0 Å². The third-order valence-corrected chi connectivity index (χ3v) is 6.17. The highest BCUT2D eigenvalue weighted by Gasteiger charge is 2.25. The molecular weight excluding hydrogens is 358 g/mol. The molecule has 1 nitrogen and oxygen atoms in total. The Bertz CT molecular complexity index is 246. The molecule has 0 aromatic heterocycles. The molecule has 0 radical (unpaired) electrons. The zero-order chi connectivity index (χ0) is 16.6. The van der Waals surface area contributed by atoms with Gasteiger partial charge in [-0.05, 0) is 45.4 Å². The molecule has 0 aliphatic carbocycles. The second-order valence-corrected chi connectivity index (χ2v) is 8.13. The Morgan fingerprint density at radius 1 is 0.542 bits per heavy atom. The Labute approximate surface area is 164 Å². The maximum Gasteiger partial charge on any atom is 0.0786 e. The quantitative estimate of drug-likeness (QED) is 0.302. The summed E-state index contributed by atoms with van der Waals surface area (Å²) in [4.78, 5) is 0. The molecule has 0 bridgehead atoms. The summed E-state index contributed by atoms with van der Waals surface area (Å²) in [6.07, 6.45) is 23.6. The molecule has 0 unspecified atom stereocenters. The minimum absolute atomic E-state index is 0. The summed E-state index contributed by atoms with van der Waals surface area (Å²) in [5.74, 6) is 0. The highest BCUT2D eigenvalue weighted by Crippen LogP contribution is 2.20. The Balaban J connectivity index is 0.00000529. The number of nitrogens with zero attached hydrogens (tertiary/aromatic N) is 1. The molecule has 1 saturated heterocycles. The number of halogens is 1. The van der Waals surface area contributed by atoms with Gasteiger partial charge in [0, 0.05) is 0 Å². The minimum Gasteiger partial charge on any atom is -1.00 e. The van der Waals surface area contributed by atoms with Crippen LogP contribution in [0.4, 0.5) is 0 Å². The third-order valence-electron chi connectivity index (χ3n) is 6.17. The van der Waals surface area contributed by atoms with Gasteiger partial charge in [0.25, 0.3) is 0 Å². The van der Waals surface area contributed by atoms with Gasteiger partial charge < -0.3 is 21.5 Å². The van der Waals surface area contributed by atoms with E-state index >= 15 is 0 Å². The molecule has 24 heavy (non-hydrogen) atoms. The maximum absolute atomic E-state index is 2.42. The van der Waals surface area contributed by atoms with E-state index in [1.165, 1.54) is 133 Å². The Hall–Kier alpha value is 0.440. The van der Waals surface area contributed by atoms with Gasteiger partial charge in [0.2, 0.25) is 0 Å². The van der Waals surface area contributed by atoms with Crippen LogP contribution >= 0.6 is 0 Å². The monoisotopic (exact) mass is 403 g/mol. The lowest BCUT2D eigenvalue weighted by Gasteiger charge is -2.37. The first-order valence-electron chi connectivity index (χ1n) is 11.2. The molecule has 2 heteroatoms. The van der Waals surface area contributed by atoms with Crippen LogP contribution in [0.1, 0.15) is 117 Å². The number of hydrogen-bond acceptors (Lipinski definition) is 0. The van der Waals surface area contributed by atoms with E-state index in [2.05, 4.69) is 13.8 Å². The minimum atomic E-state index is 0. The van der Waals surface area contributed by atoms with Gasteiger partial charge >= 0.3 is 0 Å². The van der Waals surface area contributed by atoms with Crippen molar-refractivity contribution in [2.75, 3.05) is 26.2 Å². The molecule has 0 N–H and O–H groups in total. The Morgan fingerprint density at radius 3 is 1.38 bits per heavy atom. The highest BCUT2D eigenvalue weighted by molar-refractivity contribution is 4.54. The van der Waals surface area contributed by atoms with Crippen LogP contribution in [0.15, 0.2) is 0 Å². The molecule has 0 saturated carbocycles. The number of rotatable bonds is 14. The largest absolute Gasteiger partial charge is 1.00 e. The summed E-state index contributed by atoms with van der Waals surface area (Å²) in [6, 6.07) is 0. The maximum atomic E-state index is 2.42. The van der Waals surface area contributed by atoms with Gasteiger partial charge in [-0.15, -0.1) is 0 Å². The Kier molecular flexibility index (Phi) is 17.2. The summed E-state index contributed by atoms with van der Waals surface area (Å²) in [5.41, 5.74) is 0. The van der Waals surface area contributed by atoms with Crippen LogP contribution in [0.3, 0.4) is 0 Å². The van der Waals surface area contributed by atoms with E-state index in [-0.39, 0.29) is 17.0 Å². The summed E-state index contributed by atoms with van der Waals surface area (Å²) in [5, 5.41) is 0. The SMILES string of the molecule is CCCCCCCCCCCCCC[N+]1(CC)CCCCCC1.[Br-]. The molecule has 1 rings (SSSR count). The van der Waals surface area contributed by atoms with Crippen molar-refractivity contribution in [1.82, 2.24) is 0 Å². The van der Waals surface area contributed by atoms with E-state index in [0.29, 0.717) is 0 Å². The van der Waals surface area contributed by atoms with Gasteiger partial charge in [0.15, 0.2) is 0 Å². The first-order chi connectivity index (χ1) is 11.3. The smallest absolute Gasteiger partial charge is 0.0786 e. The van der Waals surface area contributed by atoms with Crippen LogP contribution in [0, 0.1) is 0 Å². The number of hydrogen-bond donors (Lipinski definition) is 0. The van der Waals surface area contributed by atoms with Crippen molar-refractivity contribution in [3.05, 3.63) is 0 Å². The van der Waals surface area contributed by atoms with Crippen LogP contribution in [-0.2, 0) is 0 Å². The molecular formula is C22H46BrN. The van der Waals surface area contributed by atoms with Gasteiger partial charge in [0.05, 0.1) is 26.2 Å². The fourth-order valence-corrected chi connectivity index (χ4v) is 4.35. The lowest BCUT2D eigenvalue weighted by Crippen LogP contribution is -3.00. The standard InChI is InChI=1S/C22H46N.BrH/c1-3-5-6-7-8-9-10-11-12-13-14-17-20-23(4-2)21-18-15-16-19-22-23;/h3-22H2,1-2H3;1H/q+1;/p-1. The number of quaternary nitrogens is 1. The van der Waals surface area contributed by atoms with E-state index in [1.54, 1.807) is 0 Å². The summed E-state index contributed by atoms with van der Waals surface area (Å²) >= 11 is 0. The van der Waals surface area contributed by atoms with E-state index in [9.17, 15) is 0 Å². The topological polar surface area (TPSA) is 0 Å². The van der Waals surface area contributed by atoms with Crippen molar-refractivity contribution in [3.63, 3.8) is 0 Å². The molecule has 0 spiro atoms. The van der Waals surface area contributed by atoms with Gasteiger partial charge in [-0.3, -0.25) is 0 Å². The summed E-state index contributed by atoms with van der Waals surface area (Å²) in [6.45, 7) is 10.5. The first kappa shape index (κ1) is 24.4. The van der Waals surface area contributed by atoms with Crippen molar-refractivity contribution >= 4 is 0 Å². The van der Waals surface area contributed by atoms with Crippen LogP contribution in [-0.4, -0.2) is 30.7 Å². The van der Waals surface area contributed by atoms with Gasteiger partial charge in [-0.1, -0.05) is 71.1 Å². The zero-order valence-electron chi connectivity index (χ0n) is 17.0. The lowest BCUT2D eigenvalue weighted by atomic mass is 10.0. The summed E-state index contributed by atoms with van der Waals surface area (Å²) < 4.78 is 1.44. The van der Waals surface area contributed by atoms with Crippen molar-refractivity contribution in [3.8, 4) is 0 Å². The van der Waals surface area contributed by atoms with Gasteiger partial charge in [-0.25, -0.2) is 0 Å². The second kappa shape index (κ2) is 16.9. The fraction of sp³-hybridized carbons (Fsp3) is 1.00. The van der Waals surface area contributed by atoms with Crippen molar-refractivity contribution in [1.29, 1.82) is 0 Å². The van der Waals surface area contributed by atoms with Crippen LogP contribution in [0.25, 0.3) is 0 Å². The van der Waals surface area contributed by atoms with E-state index in [4.69, 9.17) is 0 Å². The highest BCUT2D eigenvalue weighted by atomic mass is 79.9. The molecule has 0 aromatic rings. The molecule has 1 aliphatic heterocycles. The average molecular weight is 405 g/mol. The fourth-order valence-electron chi connectivity index (χ4n) is 4.35. The molecule has 1 aliphatic rings.